The standard InChI is InChI=1S/C12H13NO2/c1-12(2,11(14)15)9-4-3-8-5-6-13-10(8)7-9/h3-7,13H,1-2H3,(H,14,15). The Kier molecular flexibility index (Phi) is 2.03. The first-order valence-electron chi connectivity index (χ1n) is 4.83. The Morgan fingerprint density at radius 2 is 2.07 bits per heavy atom. The molecule has 1 aromatic heterocycles. The highest BCUT2D eigenvalue weighted by molar-refractivity contribution is 5.85. The summed E-state index contributed by atoms with van der Waals surface area (Å²) in [5, 5.41) is 10.2. The maximum atomic E-state index is 11.1. The van der Waals surface area contributed by atoms with Crippen molar-refractivity contribution >= 4 is 16.9 Å². The predicted molar refractivity (Wildman–Crippen MR) is 59.0 cm³/mol. The Morgan fingerprint density at radius 1 is 1.33 bits per heavy atom. The normalized spacial score (nSPS) is 11.9. The van der Waals surface area contributed by atoms with Gasteiger partial charge in [-0.2, -0.15) is 0 Å². The summed E-state index contributed by atoms with van der Waals surface area (Å²) in [7, 11) is 0. The lowest BCUT2D eigenvalue weighted by molar-refractivity contribution is -0.142. The molecular weight excluding hydrogens is 190 g/mol. The lowest BCUT2D eigenvalue weighted by Gasteiger charge is -2.19. The number of aromatic amines is 1. The van der Waals surface area contributed by atoms with Crippen LogP contribution in [0.4, 0.5) is 0 Å². The summed E-state index contributed by atoms with van der Waals surface area (Å²) >= 11 is 0. The SMILES string of the molecule is CC(C)(C(=O)O)c1ccc2cc[nH]c2c1. The van der Waals surface area contributed by atoms with Gasteiger partial charge >= 0.3 is 5.97 Å². The molecule has 3 nitrogen and oxygen atoms in total. The van der Waals surface area contributed by atoms with Gasteiger partial charge in [-0.1, -0.05) is 12.1 Å². The molecule has 0 aliphatic carbocycles. The molecule has 0 radical (unpaired) electrons. The van der Waals surface area contributed by atoms with Crippen LogP contribution in [0.2, 0.25) is 0 Å². The molecule has 0 amide bonds. The van der Waals surface area contributed by atoms with E-state index >= 15 is 0 Å². The van der Waals surface area contributed by atoms with Crippen LogP contribution in [0.15, 0.2) is 30.5 Å². The van der Waals surface area contributed by atoms with E-state index in [2.05, 4.69) is 4.98 Å². The third-order valence-corrected chi connectivity index (χ3v) is 2.81. The van der Waals surface area contributed by atoms with E-state index in [1.165, 1.54) is 0 Å². The zero-order valence-electron chi connectivity index (χ0n) is 8.74. The summed E-state index contributed by atoms with van der Waals surface area (Å²) in [5.41, 5.74) is 0.936. The van der Waals surface area contributed by atoms with Crippen LogP contribution < -0.4 is 0 Å². The monoisotopic (exact) mass is 203 g/mol. The lowest BCUT2D eigenvalue weighted by atomic mass is 9.84. The number of benzene rings is 1. The minimum atomic E-state index is -0.848. The summed E-state index contributed by atoms with van der Waals surface area (Å²) in [6.45, 7) is 3.42. The van der Waals surface area contributed by atoms with E-state index < -0.39 is 11.4 Å². The van der Waals surface area contributed by atoms with E-state index in [0.717, 1.165) is 16.5 Å². The van der Waals surface area contributed by atoms with Gasteiger partial charge in [0.15, 0.2) is 0 Å². The number of hydrogen-bond donors (Lipinski definition) is 2. The smallest absolute Gasteiger partial charge is 0.313 e. The van der Waals surface area contributed by atoms with E-state index in [-0.39, 0.29) is 0 Å². The number of aliphatic carboxylic acids is 1. The first-order chi connectivity index (χ1) is 7.01. The molecule has 2 rings (SSSR count). The van der Waals surface area contributed by atoms with E-state index in [4.69, 9.17) is 5.11 Å². The molecule has 0 spiro atoms. The first kappa shape index (κ1) is 9.77. The molecule has 78 valence electrons. The zero-order valence-corrected chi connectivity index (χ0v) is 8.74. The van der Waals surface area contributed by atoms with Gasteiger partial charge in [0.05, 0.1) is 5.41 Å². The van der Waals surface area contributed by atoms with E-state index in [0.29, 0.717) is 0 Å². The fourth-order valence-corrected chi connectivity index (χ4v) is 1.56. The van der Waals surface area contributed by atoms with Crippen LogP contribution in [0.1, 0.15) is 19.4 Å². The number of rotatable bonds is 2. The summed E-state index contributed by atoms with van der Waals surface area (Å²) in [4.78, 5) is 14.2. The number of fused-ring (bicyclic) bond motifs is 1. The van der Waals surface area contributed by atoms with Gasteiger partial charge in [-0.25, -0.2) is 0 Å². The first-order valence-corrected chi connectivity index (χ1v) is 4.83. The molecule has 1 heterocycles. The van der Waals surface area contributed by atoms with E-state index in [1.807, 2.05) is 30.5 Å². The second-order valence-electron chi connectivity index (χ2n) is 4.21. The molecule has 3 heteroatoms. The van der Waals surface area contributed by atoms with Crippen molar-refractivity contribution in [1.29, 1.82) is 0 Å². The van der Waals surface area contributed by atoms with Gasteiger partial charge in [-0.3, -0.25) is 4.79 Å². The molecule has 0 saturated heterocycles. The third kappa shape index (κ3) is 1.50. The molecule has 0 aliphatic rings. The van der Waals surface area contributed by atoms with Crippen molar-refractivity contribution in [2.45, 2.75) is 19.3 Å². The van der Waals surface area contributed by atoms with Gasteiger partial charge in [-0.05, 0) is 36.9 Å². The fourth-order valence-electron chi connectivity index (χ4n) is 1.56. The average molecular weight is 203 g/mol. The van der Waals surface area contributed by atoms with Gasteiger partial charge in [0.2, 0.25) is 0 Å². The van der Waals surface area contributed by atoms with Crippen LogP contribution in [0, 0.1) is 0 Å². The third-order valence-electron chi connectivity index (χ3n) is 2.81. The van der Waals surface area contributed by atoms with Crippen LogP contribution in [0.3, 0.4) is 0 Å². The van der Waals surface area contributed by atoms with Crippen LogP contribution in [-0.2, 0) is 10.2 Å². The summed E-state index contributed by atoms with van der Waals surface area (Å²) in [6.07, 6.45) is 1.85. The van der Waals surface area contributed by atoms with E-state index in [1.54, 1.807) is 13.8 Å². The van der Waals surface area contributed by atoms with Crippen LogP contribution in [0.25, 0.3) is 10.9 Å². The molecule has 1 aromatic carbocycles. The largest absolute Gasteiger partial charge is 0.481 e. The van der Waals surface area contributed by atoms with Gasteiger partial charge in [0.1, 0.15) is 0 Å². The Hall–Kier alpha value is -1.77. The second kappa shape index (κ2) is 3.12. The second-order valence-corrected chi connectivity index (χ2v) is 4.21. The highest BCUT2D eigenvalue weighted by atomic mass is 16.4. The highest BCUT2D eigenvalue weighted by Gasteiger charge is 2.29. The van der Waals surface area contributed by atoms with Gasteiger partial charge < -0.3 is 10.1 Å². The number of carboxylic acids is 1. The summed E-state index contributed by atoms with van der Waals surface area (Å²) in [6, 6.07) is 7.66. The molecule has 15 heavy (non-hydrogen) atoms. The molecule has 2 N–H and O–H groups in total. The van der Waals surface area contributed by atoms with Crippen molar-refractivity contribution in [3.63, 3.8) is 0 Å². The Balaban J connectivity index is 2.57. The number of nitrogens with one attached hydrogen (secondary N) is 1. The number of H-pyrrole nitrogens is 1. The molecular formula is C12H13NO2. The number of hydrogen-bond acceptors (Lipinski definition) is 1. The van der Waals surface area contributed by atoms with Crippen molar-refractivity contribution < 1.29 is 9.90 Å². The van der Waals surface area contributed by atoms with Crippen molar-refractivity contribution in [2.24, 2.45) is 0 Å². The minimum absolute atomic E-state index is 0.810. The summed E-state index contributed by atoms with van der Waals surface area (Å²) < 4.78 is 0. The average Bonchev–Trinajstić information content (AvgIpc) is 2.63. The molecule has 0 bridgehead atoms. The Bertz CT molecular complexity index is 511. The van der Waals surface area contributed by atoms with Gasteiger partial charge in [0, 0.05) is 11.7 Å². The molecule has 0 atom stereocenters. The van der Waals surface area contributed by atoms with Crippen LogP contribution in [-0.4, -0.2) is 16.1 Å². The summed E-state index contributed by atoms with van der Waals surface area (Å²) in [5.74, 6) is -0.812. The maximum absolute atomic E-state index is 11.1. The Labute approximate surface area is 87.7 Å². The van der Waals surface area contributed by atoms with Gasteiger partial charge in [-0.15, -0.1) is 0 Å². The molecule has 0 unspecified atom stereocenters. The van der Waals surface area contributed by atoms with Crippen molar-refractivity contribution in [2.75, 3.05) is 0 Å². The predicted octanol–water partition coefficient (Wildman–Crippen LogP) is 2.53. The van der Waals surface area contributed by atoms with Crippen molar-refractivity contribution in [1.82, 2.24) is 4.98 Å². The molecule has 2 aromatic rings. The topological polar surface area (TPSA) is 53.1 Å². The quantitative estimate of drug-likeness (QED) is 0.788. The fraction of sp³-hybridized carbons (Fsp3) is 0.250. The Morgan fingerprint density at radius 3 is 2.73 bits per heavy atom. The van der Waals surface area contributed by atoms with Crippen LogP contribution >= 0.6 is 0 Å². The zero-order chi connectivity index (χ0) is 11.1. The number of carbonyl (C=O) groups is 1. The van der Waals surface area contributed by atoms with Gasteiger partial charge in [0.25, 0.3) is 0 Å². The lowest BCUT2D eigenvalue weighted by Crippen LogP contribution is -2.28. The van der Waals surface area contributed by atoms with Crippen molar-refractivity contribution in [3.05, 3.63) is 36.0 Å². The van der Waals surface area contributed by atoms with Crippen molar-refractivity contribution in [3.8, 4) is 0 Å². The highest BCUT2D eigenvalue weighted by Crippen LogP contribution is 2.26. The van der Waals surface area contributed by atoms with Crippen LogP contribution in [0.5, 0.6) is 0 Å². The number of carboxylic acid groups (broad SMARTS) is 1. The number of aromatic nitrogens is 1. The minimum Gasteiger partial charge on any atom is -0.481 e. The molecule has 0 aliphatic heterocycles. The molecule has 0 saturated carbocycles. The maximum Gasteiger partial charge on any atom is 0.313 e. The van der Waals surface area contributed by atoms with E-state index in [9.17, 15) is 4.79 Å². The molecule has 0 fully saturated rings.